The smallest absolute Gasteiger partial charge is 0.169 e. The van der Waals surface area contributed by atoms with Gasteiger partial charge < -0.3 is 5.32 Å². The van der Waals surface area contributed by atoms with Crippen LogP contribution in [0, 0.1) is 13.8 Å². The van der Waals surface area contributed by atoms with E-state index in [9.17, 15) is 0 Å². The molecule has 3 rings (SSSR count). The van der Waals surface area contributed by atoms with Crippen molar-refractivity contribution in [3.63, 3.8) is 0 Å². The van der Waals surface area contributed by atoms with E-state index in [1.165, 1.54) is 10.9 Å². The normalized spacial score (nSPS) is 10.8. The van der Waals surface area contributed by atoms with Gasteiger partial charge in [0.1, 0.15) is 11.6 Å². The second-order valence-corrected chi connectivity index (χ2v) is 4.53. The number of aromatic nitrogens is 4. The molecule has 5 nitrogen and oxygen atoms in total. The van der Waals surface area contributed by atoms with Crippen molar-refractivity contribution in [1.82, 2.24) is 20.2 Å². The number of aryl methyl sites for hydroxylation is 2. The van der Waals surface area contributed by atoms with E-state index < -0.39 is 0 Å². The Morgan fingerprint density at radius 3 is 2.79 bits per heavy atom. The number of aromatic amines is 1. The standard InChI is InChI=1S/C14H15N5/c1-9-7-13(15-8-14-16-10(2)18-19-14)17-12-6-4-3-5-11(9)12/h3-7H,8H2,1-2H3,(H,15,17)(H,16,18,19). The molecule has 0 atom stereocenters. The van der Waals surface area contributed by atoms with Crippen LogP contribution in [0.25, 0.3) is 10.9 Å². The van der Waals surface area contributed by atoms with E-state index in [0.717, 1.165) is 23.0 Å². The van der Waals surface area contributed by atoms with Crippen LogP contribution in [0.3, 0.4) is 0 Å². The van der Waals surface area contributed by atoms with Crippen molar-refractivity contribution in [3.8, 4) is 0 Å². The van der Waals surface area contributed by atoms with Gasteiger partial charge in [-0.3, -0.25) is 5.10 Å². The first kappa shape index (κ1) is 11.6. The SMILES string of the molecule is Cc1nc(CNc2cc(C)c3ccccc3n2)n[nH]1. The van der Waals surface area contributed by atoms with Gasteiger partial charge in [0.2, 0.25) is 0 Å². The number of nitrogens with one attached hydrogen (secondary N) is 2. The lowest BCUT2D eigenvalue weighted by atomic mass is 10.1. The molecule has 2 heterocycles. The Hall–Kier alpha value is -2.43. The molecule has 1 aromatic carbocycles. The van der Waals surface area contributed by atoms with E-state index in [1.807, 2.05) is 31.2 Å². The third-order valence-corrected chi connectivity index (χ3v) is 2.99. The number of hydrogen-bond acceptors (Lipinski definition) is 4. The van der Waals surface area contributed by atoms with E-state index in [1.54, 1.807) is 0 Å². The summed E-state index contributed by atoms with van der Waals surface area (Å²) in [6.07, 6.45) is 0. The maximum atomic E-state index is 4.58. The van der Waals surface area contributed by atoms with Crippen LogP contribution >= 0.6 is 0 Å². The summed E-state index contributed by atoms with van der Waals surface area (Å²) >= 11 is 0. The summed E-state index contributed by atoms with van der Waals surface area (Å²) in [7, 11) is 0. The van der Waals surface area contributed by atoms with Gasteiger partial charge in [0.05, 0.1) is 12.1 Å². The van der Waals surface area contributed by atoms with Crippen LogP contribution in [0.2, 0.25) is 0 Å². The Morgan fingerprint density at radius 2 is 2.00 bits per heavy atom. The maximum absolute atomic E-state index is 4.58. The third kappa shape index (κ3) is 2.40. The zero-order chi connectivity index (χ0) is 13.2. The van der Waals surface area contributed by atoms with Gasteiger partial charge in [-0.1, -0.05) is 18.2 Å². The monoisotopic (exact) mass is 253 g/mol. The topological polar surface area (TPSA) is 66.5 Å². The minimum absolute atomic E-state index is 0.565. The van der Waals surface area contributed by atoms with E-state index in [0.29, 0.717) is 6.54 Å². The molecular formula is C14H15N5. The fraction of sp³-hybridized carbons (Fsp3) is 0.214. The van der Waals surface area contributed by atoms with Crippen LogP contribution in [0.5, 0.6) is 0 Å². The lowest BCUT2D eigenvalue weighted by Gasteiger charge is -2.07. The third-order valence-electron chi connectivity index (χ3n) is 2.99. The van der Waals surface area contributed by atoms with Crippen molar-refractivity contribution in [2.75, 3.05) is 5.32 Å². The molecule has 0 saturated heterocycles. The van der Waals surface area contributed by atoms with Gasteiger partial charge in [0, 0.05) is 5.39 Å². The molecule has 3 aromatic rings. The molecule has 0 aliphatic rings. The van der Waals surface area contributed by atoms with Crippen molar-refractivity contribution in [3.05, 3.63) is 47.5 Å². The fourth-order valence-corrected chi connectivity index (χ4v) is 2.08. The number of benzene rings is 1. The summed E-state index contributed by atoms with van der Waals surface area (Å²) < 4.78 is 0. The number of nitrogens with zero attached hydrogens (tertiary/aromatic N) is 3. The molecule has 0 bridgehead atoms. The van der Waals surface area contributed by atoms with Crippen LogP contribution in [0.4, 0.5) is 5.82 Å². The van der Waals surface area contributed by atoms with Crippen molar-refractivity contribution < 1.29 is 0 Å². The van der Waals surface area contributed by atoms with Gasteiger partial charge in [0.25, 0.3) is 0 Å². The zero-order valence-corrected chi connectivity index (χ0v) is 10.9. The highest BCUT2D eigenvalue weighted by Crippen LogP contribution is 2.19. The van der Waals surface area contributed by atoms with E-state index in [2.05, 4.69) is 38.5 Å². The van der Waals surface area contributed by atoms with Crippen LogP contribution < -0.4 is 5.32 Å². The summed E-state index contributed by atoms with van der Waals surface area (Å²) in [5.74, 6) is 2.41. The first-order valence-corrected chi connectivity index (χ1v) is 6.20. The summed E-state index contributed by atoms with van der Waals surface area (Å²) in [5.41, 5.74) is 2.20. The second-order valence-electron chi connectivity index (χ2n) is 4.53. The minimum atomic E-state index is 0.565. The predicted octanol–water partition coefficient (Wildman–Crippen LogP) is 2.58. The number of para-hydroxylation sites is 1. The van der Waals surface area contributed by atoms with Gasteiger partial charge in [-0.05, 0) is 31.5 Å². The fourth-order valence-electron chi connectivity index (χ4n) is 2.08. The molecule has 2 aromatic heterocycles. The number of rotatable bonds is 3. The lowest BCUT2D eigenvalue weighted by molar-refractivity contribution is 0.948. The number of H-pyrrole nitrogens is 1. The second kappa shape index (κ2) is 4.68. The van der Waals surface area contributed by atoms with E-state index in [4.69, 9.17) is 0 Å². The van der Waals surface area contributed by atoms with E-state index >= 15 is 0 Å². The van der Waals surface area contributed by atoms with Gasteiger partial charge in [0.15, 0.2) is 5.82 Å². The van der Waals surface area contributed by atoms with Crippen molar-refractivity contribution in [1.29, 1.82) is 0 Å². The largest absolute Gasteiger partial charge is 0.363 e. The predicted molar refractivity (Wildman–Crippen MR) is 74.9 cm³/mol. The summed E-state index contributed by atoms with van der Waals surface area (Å²) in [6.45, 7) is 4.54. The molecule has 0 amide bonds. The Kier molecular flexibility index (Phi) is 2.87. The highest BCUT2D eigenvalue weighted by Gasteiger charge is 2.03. The number of fused-ring (bicyclic) bond motifs is 1. The number of anilines is 1. The number of hydrogen-bond donors (Lipinski definition) is 2. The Bertz CT molecular complexity index is 717. The summed E-state index contributed by atoms with van der Waals surface area (Å²) in [6, 6.07) is 10.2. The molecule has 2 N–H and O–H groups in total. The first-order chi connectivity index (χ1) is 9.22. The average Bonchev–Trinajstić information content (AvgIpc) is 2.82. The Labute approximate surface area is 111 Å². The van der Waals surface area contributed by atoms with Gasteiger partial charge >= 0.3 is 0 Å². The average molecular weight is 253 g/mol. The molecule has 96 valence electrons. The van der Waals surface area contributed by atoms with E-state index in [-0.39, 0.29) is 0 Å². The van der Waals surface area contributed by atoms with Gasteiger partial charge in [-0.15, -0.1) is 0 Å². The molecular weight excluding hydrogens is 238 g/mol. The molecule has 0 aliphatic carbocycles. The highest BCUT2D eigenvalue weighted by molar-refractivity contribution is 5.83. The number of pyridine rings is 1. The molecule has 0 saturated carbocycles. The van der Waals surface area contributed by atoms with Crippen LogP contribution in [0.1, 0.15) is 17.2 Å². The molecule has 0 spiro atoms. The molecule has 0 aliphatic heterocycles. The minimum Gasteiger partial charge on any atom is -0.363 e. The molecule has 19 heavy (non-hydrogen) atoms. The molecule has 0 fully saturated rings. The van der Waals surface area contributed by atoms with Gasteiger partial charge in [-0.2, -0.15) is 5.10 Å². The van der Waals surface area contributed by atoms with Crippen LogP contribution in [-0.2, 0) is 6.54 Å². The van der Waals surface area contributed by atoms with Crippen molar-refractivity contribution in [2.45, 2.75) is 20.4 Å². The van der Waals surface area contributed by atoms with Crippen molar-refractivity contribution in [2.24, 2.45) is 0 Å². The Balaban J connectivity index is 1.85. The lowest BCUT2D eigenvalue weighted by Crippen LogP contribution is -2.03. The highest BCUT2D eigenvalue weighted by atomic mass is 15.2. The zero-order valence-electron chi connectivity index (χ0n) is 10.9. The molecule has 0 unspecified atom stereocenters. The van der Waals surface area contributed by atoms with Crippen LogP contribution in [0.15, 0.2) is 30.3 Å². The molecule has 0 radical (unpaired) electrons. The summed E-state index contributed by atoms with van der Waals surface area (Å²) in [4.78, 5) is 8.83. The molecule has 5 heteroatoms. The van der Waals surface area contributed by atoms with Crippen LogP contribution in [-0.4, -0.2) is 20.2 Å². The van der Waals surface area contributed by atoms with Crippen molar-refractivity contribution >= 4 is 16.7 Å². The first-order valence-electron chi connectivity index (χ1n) is 6.20. The van der Waals surface area contributed by atoms with Gasteiger partial charge in [-0.25, -0.2) is 9.97 Å². The maximum Gasteiger partial charge on any atom is 0.169 e. The quantitative estimate of drug-likeness (QED) is 0.753. The Morgan fingerprint density at radius 1 is 1.16 bits per heavy atom. The summed E-state index contributed by atoms with van der Waals surface area (Å²) in [5, 5.41) is 11.3.